The van der Waals surface area contributed by atoms with E-state index in [2.05, 4.69) is 29.5 Å². The average Bonchev–Trinajstić information content (AvgIpc) is 2.63. The molecule has 0 spiro atoms. The van der Waals surface area contributed by atoms with Crippen molar-refractivity contribution in [3.05, 3.63) is 16.1 Å². The third kappa shape index (κ3) is 3.36. The molecule has 1 aromatic rings. The standard InChI is InChI=1S/C10H18N2OS/c1-4-11-5-8(2)9-7-14-10(12-9)6-13-3/h7-8,11H,4-6H2,1-3H3. The molecular weight excluding hydrogens is 196 g/mol. The molecule has 0 aliphatic carbocycles. The van der Waals surface area contributed by atoms with Crippen molar-refractivity contribution in [2.75, 3.05) is 20.2 Å². The molecule has 4 heteroatoms. The average molecular weight is 214 g/mol. The molecule has 0 saturated heterocycles. The summed E-state index contributed by atoms with van der Waals surface area (Å²) in [5.41, 5.74) is 1.17. The smallest absolute Gasteiger partial charge is 0.119 e. The van der Waals surface area contributed by atoms with Gasteiger partial charge in [-0.2, -0.15) is 0 Å². The highest BCUT2D eigenvalue weighted by molar-refractivity contribution is 7.09. The Bertz CT molecular complexity index is 262. The van der Waals surface area contributed by atoms with Gasteiger partial charge < -0.3 is 10.1 Å². The zero-order chi connectivity index (χ0) is 10.4. The van der Waals surface area contributed by atoms with Crippen molar-refractivity contribution in [1.29, 1.82) is 0 Å². The van der Waals surface area contributed by atoms with Gasteiger partial charge in [0.2, 0.25) is 0 Å². The number of ether oxygens (including phenoxy) is 1. The van der Waals surface area contributed by atoms with Gasteiger partial charge in [0.1, 0.15) is 5.01 Å². The normalized spacial score (nSPS) is 13.1. The molecule has 0 aliphatic rings. The monoisotopic (exact) mass is 214 g/mol. The van der Waals surface area contributed by atoms with Crippen LogP contribution < -0.4 is 5.32 Å². The van der Waals surface area contributed by atoms with Crippen LogP contribution >= 0.6 is 11.3 Å². The summed E-state index contributed by atoms with van der Waals surface area (Å²) in [4.78, 5) is 4.51. The van der Waals surface area contributed by atoms with Gasteiger partial charge in [-0.25, -0.2) is 4.98 Å². The maximum absolute atomic E-state index is 5.03. The summed E-state index contributed by atoms with van der Waals surface area (Å²) in [7, 11) is 1.70. The van der Waals surface area contributed by atoms with Crippen molar-refractivity contribution in [1.82, 2.24) is 10.3 Å². The van der Waals surface area contributed by atoms with Gasteiger partial charge in [-0.3, -0.25) is 0 Å². The number of thiazole rings is 1. The lowest BCUT2D eigenvalue weighted by atomic mass is 10.1. The van der Waals surface area contributed by atoms with Crippen LogP contribution in [0.15, 0.2) is 5.38 Å². The summed E-state index contributed by atoms with van der Waals surface area (Å²) < 4.78 is 5.03. The molecule has 0 radical (unpaired) electrons. The summed E-state index contributed by atoms with van der Waals surface area (Å²) >= 11 is 1.67. The summed E-state index contributed by atoms with van der Waals surface area (Å²) in [5, 5.41) is 6.50. The SMILES string of the molecule is CCNCC(C)c1csc(COC)n1. The molecule has 14 heavy (non-hydrogen) atoms. The van der Waals surface area contributed by atoms with Gasteiger partial charge in [0.25, 0.3) is 0 Å². The van der Waals surface area contributed by atoms with E-state index in [4.69, 9.17) is 4.74 Å². The van der Waals surface area contributed by atoms with Crippen LogP contribution in [0.2, 0.25) is 0 Å². The van der Waals surface area contributed by atoms with Crippen LogP contribution in [0.3, 0.4) is 0 Å². The van der Waals surface area contributed by atoms with Gasteiger partial charge in [-0.05, 0) is 6.54 Å². The van der Waals surface area contributed by atoms with E-state index in [0.717, 1.165) is 18.1 Å². The Hall–Kier alpha value is -0.450. The number of hydrogen-bond acceptors (Lipinski definition) is 4. The molecule has 0 aliphatic heterocycles. The number of methoxy groups -OCH3 is 1. The molecule has 1 N–H and O–H groups in total. The van der Waals surface area contributed by atoms with Gasteiger partial charge in [0, 0.05) is 25.0 Å². The number of aromatic nitrogens is 1. The second-order valence-electron chi connectivity index (χ2n) is 3.31. The van der Waals surface area contributed by atoms with Gasteiger partial charge in [0.05, 0.1) is 12.3 Å². The van der Waals surface area contributed by atoms with E-state index < -0.39 is 0 Å². The van der Waals surface area contributed by atoms with Crippen LogP contribution in [0.4, 0.5) is 0 Å². The third-order valence-electron chi connectivity index (χ3n) is 2.04. The molecule has 0 amide bonds. The maximum atomic E-state index is 5.03. The molecule has 1 aromatic heterocycles. The van der Waals surface area contributed by atoms with Gasteiger partial charge in [-0.15, -0.1) is 11.3 Å². The number of rotatable bonds is 6. The van der Waals surface area contributed by atoms with Crippen molar-refractivity contribution >= 4 is 11.3 Å². The first kappa shape index (κ1) is 11.6. The molecule has 0 bridgehead atoms. The van der Waals surface area contributed by atoms with E-state index in [1.54, 1.807) is 18.4 Å². The molecule has 1 atom stereocenters. The number of nitrogens with one attached hydrogen (secondary N) is 1. The Morgan fingerprint density at radius 1 is 1.64 bits per heavy atom. The molecule has 80 valence electrons. The van der Waals surface area contributed by atoms with E-state index in [0.29, 0.717) is 12.5 Å². The van der Waals surface area contributed by atoms with Crippen LogP contribution in [0.5, 0.6) is 0 Å². The van der Waals surface area contributed by atoms with Crippen molar-refractivity contribution in [2.24, 2.45) is 0 Å². The highest BCUT2D eigenvalue weighted by Crippen LogP contribution is 2.18. The second-order valence-corrected chi connectivity index (χ2v) is 4.25. The summed E-state index contributed by atoms with van der Waals surface area (Å²) in [5.74, 6) is 0.483. The molecule has 0 fully saturated rings. The van der Waals surface area contributed by atoms with E-state index >= 15 is 0 Å². The quantitative estimate of drug-likeness (QED) is 0.786. The fourth-order valence-corrected chi connectivity index (χ4v) is 2.09. The Morgan fingerprint density at radius 3 is 3.07 bits per heavy atom. The molecule has 3 nitrogen and oxygen atoms in total. The van der Waals surface area contributed by atoms with Crippen LogP contribution in [0.1, 0.15) is 30.5 Å². The fourth-order valence-electron chi connectivity index (χ4n) is 1.21. The van der Waals surface area contributed by atoms with Crippen molar-refractivity contribution < 1.29 is 4.74 Å². The van der Waals surface area contributed by atoms with Gasteiger partial charge in [0.15, 0.2) is 0 Å². The second kappa shape index (κ2) is 6.11. The van der Waals surface area contributed by atoms with Crippen molar-refractivity contribution in [3.63, 3.8) is 0 Å². The Kier molecular flexibility index (Phi) is 5.07. The fraction of sp³-hybridized carbons (Fsp3) is 0.700. The molecular formula is C10H18N2OS. The van der Waals surface area contributed by atoms with E-state index in [1.807, 2.05) is 0 Å². The minimum atomic E-state index is 0.483. The lowest BCUT2D eigenvalue weighted by Crippen LogP contribution is -2.19. The molecule has 0 aromatic carbocycles. The molecule has 1 heterocycles. The topological polar surface area (TPSA) is 34.1 Å². The van der Waals surface area contributed by atoms with Gasteiger partial charge >= 0.3 is 0 Å². The first-order valence-corrected chi connectivity index (χ1v) is 5.79. The molecule has 0 saturated carbocycles. The zero-order valence-electron chi connectivity index (χ0n) is 9.04. The lowest BCUT2D eigenvalue weighted by Gasteiger charge is -2.08. The van der Waals surface area contributed by atoms with E-state index in [-0.39, 0.29) is 0 Å². The summed E-state index contributed by atoms with van der Waals surface area (Å²) in [6, 6.07) is 0. The minimum absolute atomic E-state index is 0.483. The van der Waals surface area contributed by atoms with Crippen molar-refractivity contribution in [3.8, 4) is 0 Å². The zero-order valence-corrected chi connectivity index (χ0v) is 9.86. The highest BCUT2D eigenvalue weighted by Gasteiger charge is 2.09. The Labute approximate surface area is 89.5 Å². The number of nitrogens with zero attached hydrogens (tertiary/aromatic N) is 1. The maximum Gasteiger partial charge on any atom is 0.119 e. The first-order valence-electron chi connectivity index (χ1n) is 4.91. The van der Waals surface area contributed by atoms with Crippen molar-refractivity contribution in [2.45, 2.75) is 26.4 Å². The number of likely N-dealkylation sites (N-methyl/N-ethyl adjacent to an activating group) is 1. The first-order chi connectivity index (χ1) is 6.77. The third-order valence-corrected chi connectivity index (χ3v) is 2.88. The summed E-state index contributed by atoms with van der Waals surface area (Å²) in [6.45, 7) is 6.93. The Balaban J connectivity index is 2.48. The van der Waals surface area contributed by atoms with E-state index in [1.165, 1.54) is 5.69 Å². The highest BCUT2D eigenvalue weighted by atomic mass is 32.1. The lowest BCUT2D eigenvalue weighted by molar-refractivity contribution is 0.184. The van der Waals surface area contributed by atoms with Crippen LogP contribution in [-0.2, 0) is 11.3 Å². The van der Waals surface area contributed by atoms with Crippen LogP contribution in [-0.4, -0.2) is 25.2 Å². The predicted molar refractivity (Wildman–Crippen MR) is 59.8 cm³/mol. The predicted octanol–water partition coefficient (Wildman–Crippen LogP) is 2.00. The number of hydrogen-bond donors (Lipinski definition) is 1. The van der Waals surface area contributed by atoms with Gasteiger partial charge in [-0.1, -0.05) is 13.8 Å². The molecule has 1 rings (SSSR count). The minimum Gasteiger partial charge on any atom is -0.378 e. The summed E-state index contributed by atoms with van der Waals surface area (Å²) in [6.07, 6.45) is 0. The molecule has 1 unspecified atom stereocenters. The Morgan fingerprint density at radius 2 is 2.43 bits per heavy atom. The van der Waals surface area contributed by atoms with Crippen LogP contribution in [0.25, 0.3) is 0 Å². The van der Waals surface area contributed by atoms with Crippen LogP contribution in [0, 0.1) is 0 Å². The van der Waals surface area contributed by atoms with E-state index in [9.17, 15) is 0 Å². The largest absolute Gasteiger partial charge is 0.378 e.